The van der Waals surface area contributed by atoms with E-state index in [1.165, 1.54) is 12.0 Å². The van der Waals surface area contributed by atoms with Crippen molar-refractivity contribution in [2.45, 2.75) is 52.6 Å². The molecule has 0 bridgehead atoms. The molecule has 0 aliphatic rings. The summed E-state index contributed by atoms with van der Waals surface area (Å²) >= 11 is 0. The smallest absolute Gasteiger partial charge is 0.191 e. The Morgan fingerprint density at radius 1 is 1.17 bits per heavy atom. The van der Waals surface area contributed by atoms with E-state index >= 15 is 0 Å². The largest absolute Gasteiger partial charge is 0.497 e. The van der Waals surface area contributed by atoms with E-state index in [-0.39, 0.29) is 6.04 Å². The van der Waals surface area contributed by atoms with Crippen LogP contribution in [0.4, 0.5) is 0 Å². The standard InChI is InChI=1S/C23H43N5O/c1-8-24-23(26-19(4)13-12-16-28(9-2)10-3)25-18-22(27(5)6)20-14-11-15-21(17-20)29-7/h11,14-15,17,19,22H,8-10,12-13,16,18H2,1-7H3,(H2,24,25,26). The van der Waals surface area contributed by atoms with E-state index in [4.69, 9.17) is 9.73 Å². The molecule has 6 heteroatoms. The van der Waals surface area contributed by atoms with Gasteiger partial charge in [-0.3, -0.25) is 4.99 Å². The molecule has 1 aromatic rings. The summed E-state index contributed by atoms with van der Waals surface area (Å²) < 4.78 is 5.39. The molecular weight excluding hydrogens is 362 g/mol. The Morgan fingerprint density at radius 3 is 2.48 bits per heavy atom. The Hall–Kier alpha value is -1.79. The zero-order chi connectivity index (χ0) is 21.6. The second-order valence-electron chi connectivity index (χ2n) is 7.69. The van der Waals surface area contributed by atoms with Crippen LogP contribution in [0.5, 0.6) is 5.75 Å². The second-order valence-corrected chi connectivity index (χ2v) is 7.69. The van der Waals surface area contributed by atoms with Crippen molar-refractivity contribution >= 4 is 5.96 Å². The van der Waals surface area contributed by atoms with Crippen LogP contribution in [0, 0.1) is 0 Å². The molecule has 0 saturated heterocycles. The van der Waals surface area contributed by atoms with Gasteiger partial charge in [-0.05, 0) is 78.1 Å². The second kappa shape index (κ2) is 14.2. The first kappa shape index (κ1) is 25.2. The molecule has 0 aromatic heterocycles. The lowest BCUT2D eigenvalue weighted by Gasteiger charge is -2.25. The number of rotatable bonds is 13. The first-order chi connectivity index (χ1) is 13.9. The predicted octanol–water partition coefficient (Wildman–Crippen LogP) is 3.36. The Morgan fingerprint density at radius 2 is 1.90 bits per heavy atom. The lowest BCUT2D eigenvalue weighted by molar-refractivity contribution is 0.292. The normalized spacial score (nSPS) is 14.2. The van der Waals surface area contributed by atoms with Crippen LogP contribution in [0.1, 0.15) is 52.1 Å². The minimum absolute atomic E-state index is 0.193. The highest BCUT2D eigenvalue weighted by atomic mass is 16.5. The van der Waals surface area contributed by atoms with Gasteiger partial charge in [0.25, 0.3) is 0 Å². The SMILES string of the molecule is CCNC(=NCC(c1cccc(OC)c1)N(C)C)NC(C)CCCN(CC)CC. The van der Waals surface area contributed by atoms with Crippen molar-refractivity contribution in [2.24, 2.45) is 4.99 Å². The monoisotopic (exact) mass is 405 g/mol. The maximum absolute atomic E-state index is 5.39. The number of nitrogens with one attached hydrogen (secondary N) is 2. The van der Waals surface area contributed by atoms with Gasteiger partial charge in [-0.15, -0.1) is 0 Å². The number of likely N-dealkylation sites (N-methyl/N-ethyl adjacent to an activating group) is 1. The molecule has 0 spiro atoms. The molecule has 0 heterocycles. The van der Waals surface area contributed by atoms with E-state index < -0.39 is 0 Å². The van der Waals surface area contributed by atoms with Gasteiger partial charge >= 0.3 is 0 Å². The summed E-state index contributed by atoms with van der Waals surface area (Å²) in [6, 6.07) is 8.83. The summed E-state index contributed by atoms with van der Waals surface area (Å²) in [6.07, 6.45) is 2.33. The summed E-state index contributed by atoms with van der Waals surface area (Å²) in [5.41, 5.74) is 1.21. The van der Waals surface area contributed by atoms with Crippen molar-refractivity contribution in [3.8, 4) is 5.75 Å². The molecule has 166 valence electrons. The number of ether oxygens (including phenoxy) is 1. The lowest BCUT2D eigenvalue weighted by Crippen LogP contribution is -2.43. The molecule has 29 heavy (non-hydrogen) atoms. The Balaban J connectivity index is 2.72. The zero-order valence-electron chi connectivity index (χ0n) is 19.7. The summed E-state index contributed by atoms with van der Waals surface area (Å²) in [5, 5.41) is 6.96. The number of guanidine groups is 1. The molecule has 0 fully saturated rings. The molecule has 0 aliphatic heterocycles. The molecule has 1 rings (SSSR count). The van der Waals surface area contributed by atoms with Gasteiger partial charge in [-0.25, -0.2) is 0 Å². The molecule has 0 saturated carbocycles. The van der Waals surface area contributed by atoms with Crippen molar-refractivity contribution in [1.82, 2.24) is 20.4 Å². The van der Waals surface area contributed by atoms with E-state index in [1.54, 1.807) is 7.11 Å². The van der Waals surface area contributed by atoms with Crippen LogP contribution in [0.15, 0.2) is 29.3 Å². The van der Waals surface area contributed by atoms with Gasteiger partial charge in [-0.2, -0.15) is 0 Å². The highest BCUT2D eigenvalue weighted by Crippen LogP contribution is 2.22. The topological polar surface area (TPSA) is 52.1 Å². The van der Waals surface area contributed by atoms with E-state index in [0.29, 0.717) is 12.6 Å². The number of methoxy groups -OCH3 is 1. The third kappa shape index (κ3) is 9.50. The minimum Gasteiger partial charge on any atom is -0.497 e. The van der Waals surface area contributed by atoms with Crippen molar-refractivity contribution in [3.63, 3.8) is 0 Å². The van der Waals surface area contributed by atoms with E-state index in [1.807, 2.05) is 12.1 Å². The zero-order valence-corrected chi connectivity index (χ0v) is 19.7. The van der Waals surface area contributed by atoms with Gasteiger partial charge in [0.15, 0.2) is 5.96 Å². The average Bonchev–Trinajstić information content (AvgIpc) is 2.71. The van der Waals surface area contributed by atoms with Gasteiger partial charge < -0.3 is 25.2 Å². The average molecular weight is 406 g/mol. The molecule has 0 amide bonds. The summed E-state index contributed by atoms with van der Waals surface area (Å²) in [4.78, 5) is 9.56. The van der Waals surface area contributed by atoms with Crippen LogP contribution in [0.3, 0.4) is 0 Å². The van der Waals surface area contributed by atoms with E-state index in [0.717, 1.165) is 44.3 Å². The third-order valence-corrected chi connectivity index (χ3v) is 5.26. The quantitative estimate of drug-likeness (QED) is 0.389. The van der Waals surface area contributed by atoms with Gasteiger partial charge in [0.05, 0.1) is 19.7 Å². The first-order valence-corrected chi connectivity index (χ1v) is 11.0. The molecule has 2 N–H and O–H groups in total. The molecule has 0 aliphatic carbocycles. The van der Waals surface area contributed by atoms with Crippen molar-refractivity contribution < 1.29 is 4.74 Å². The lowest BCUT2D eigenvalue weighted by atomic mass is 10.1. The van der Waals surface area contributed by atoms with Crippen LogP contribution in [-0.4, -0.2) is 75.7 Å². The van der Waals surface area contributed by atoms with E-state index in [9.17, 15) is 0 Å². The van der Waals surface area contributed by atoms with Crippen LogP contribution in [0.2, 0.25) is 0 Å². The summed E-state index contributed by atoms with van der Waals surface area (Å²) in [5.74, 6) is 1.77. The maximum Gasteiger partial charge on any atom is 0.191 e. The van der Waals surface area contributed by atoms with Crippen molar-refractivity contribution in [2.75, 3.05) is 53.9 Å². The van der Waals surface area contributed by atoms with Crippen LogP contribution in [0.25, 0.3) is 0 Å². The number of benzene rings is 1. The van der Waals surface area contributed by atoms with Crippen LogP contribution >= 0.6 is 0 Å². The van der Waals surface area contributed by atoms with E-state index in [2.05, 4.69) is 74.4 Å². The number of hydrogen-bond acceptors (Lipinski definition) is 4. The van der Waals surface area contributed by atoms with Gasteiger partial charge in [0.1, 0.15) is 5.75 Å². The van der Waals surface area contributed by atoms with Crippen LogP contribution in [-0.2, 0) is 0 Å². The Labute approximate surface area is 178 Å². The van der Waals surface area contributed by atoms with Crippen molar-refractivity contribution in [1.29, 1.82) is 0 Å². The molecule has 0 radical (unpaired) electrons. The fraction of sp³-hybridized carbons (Fsp3) is 0.696. The predicted molar refractivity (Wildman–Crippen MR) is 125 cm³/mol. The molecular formula is C23H43N5O. The molecule has 2 unspecified atom stereocenters. The van der Waals surface area contributed by atoms with Gasteiger partial charge in [0.2, 0.25) is 0 Å². The minimum atomic E-state index is 0.193. The van der Waals surface area contributed by atoms with Gasteiger partial charge in [0, 0.05) is 12.6 Å². The highest BCUT2D eigenvalue weighted by molar-refractivity contribution is 5.80. The molecule has 2 atom stereocenters. The van der Waals surface area contributed by atoms with Crippen LogP contribution < -0.4 is 15.4 Å². The summed E-state index contributed by atoms with van der Waals surface area (Å²) in [6.45, 7) is 13.7. The maximum atomic E-state index is 5.39. The Kier molecular flexibility index (Phi) is 12.4. The number of aliphatic imine (C=N–C) groups is 1. The number of hydrogen-bond donors (Lipinski definition) is 2. The molecule has 6 nitrogen and oxygen atoms in total. The molecule has 1 aromatic carbocycles. The highest BCUT2D eigenvalue weighted by Gasteiger charge is 2.15. The first-order valence-electron chi connectivity index (χ1n) is 11.0. The number of nitrogens with zero attached hydrogens (tertiary/aromatic N) is 3. The summed E-state index contributed by atoms with van der Waals surface area (Å²) in [7, 11) is 5.89. The Bertz CT molecular complexity index is 586. The fourth-order valence-corrected chi connectivity index (χ4v) is 3.38. The van der Waals surface area contributed by atoms with Crippen molar-refractivity contribution in [3.05, 3.63) is 29.8 Å². The third-order valence-electron chi connectivity index (χ3n) is 5.26. The van der Waals surface area contributed by atoms with Gasteiger partial charge in [-0.1, -0.05) is 26.0 Å². The fourth-order valence-electron chi connectivity index (χ4n) is 3.38.